The molecule has 3 rings (SSSR count). The minimum Gasteiger partial charge on any atom is -0.326 e. The van der Waals surface area contributed by atoms with Crippen LogP contribution in [0.5, 0.6) is 0 Å². The third-order valence-corrected chi connectivity index (χ3v) is 7.87. The monoisotopic (exact) mass is 508 g/mol. The number of pyridine rings is 1. The Morgan fingerprint density at radius 2 is 1.69 bits per heavy atom. The lowest BCUT2D eigenvalue weighted by Crippen LogP contribution is -2.15. The molecule has 168 valence electrons. The lowest BCUT2D eigenvalue weighted by atomic mass is 10.0. The lowest BCUT2D eigenvalue weighted by Gasteiger charge is -2.12. The number of hydrogen-bond donors (Lipinski definition) is 1. The van der Waals surface area contributed by atoms with Gasteiger partial charge in [-0.15, -0.1) is 11.8 Å². The average molecular weight is 509 g/mol. The Kier molecular flexibility index (Phi) is 8.22. The minimum atomic E-state index is -3.29. The number of amides is 1. The van der Waals surface area contributed by atoms with Crippen molar-refractivity contribution >= 4 is 56.4 Å². The van der Waals surface area contributed by atoms with Crippen LogP contribution in [0.2, 0.25) is 10.0 Å². The lowest BCUT2D eigenvalue weighted by molar-refractivity contribution is -0.115. The Hall–Kier alpha value is -2.06. The summed E-state index contributed by atoms with van der Waals surface area (Å²) in [6.45, 7) is 3.67. The molecule has 32 heavy (non-hydrogen) atoms. The highest BCUT2D eigenvalue weighted by Gasteiger charge is 2.15. The van der Waals surface area contributed by atoms with Gasteiger partial charge in [0, 0.05) is 28.0 Å². The summed E-state index contributed by atoms with van der Waals surface area (Å²) in [5.41, 5.74) is 2.38. The number of anilines is 1. The van der Waals surface area contributed by atoms with Crippen LogP contribution in [0.4, 0.5) is 5.69 Å². The van der Waals surface area contributed by atoms with Crippen LogP contribution in [0, 0.1) is 0 Å². The topological polar surface area (TPSA) is 76.1 Å². The maximum Gasteiger partial charge on any atom is 0.230 e. The molecule has 1 N–H and O–H groups in total. The molecule has 3 aromatic rings. The number of carbonyl (C=O) groups excluding carboxylic acids is 1. The number of halogens is 2. The highest BCUT2D eigenvalue weighted by molar-refractivity contribution is 7.99. The summed E-state index contributed by atoms with van der Waals surface area (Å²) in [6, 6.07) is 13.4. The zero-order valence-corrected chi connectivity index (χ0v) is 20.7. The van der Waals surface area contributed by atoms with E-state index < -0.39 is 9.84 Å². The van der Waals surface area contributed by atoms with Crippen LogP contribution in [0.15, 0.2) is 64.5 Å². The van der Waals surface area contributed by atoms with Gasteiger partial charge in [0.1, 0.15) is 0 Å². The number of nitrogens with zero attached hydrogens (tertiary/aromatic N) is 1. The standard InChI is InChI=1S/C23H22Cl2N2O3S2/c1-3-31-18-8-7-16(26-14-18)13-22(28)27-17-11-20(24)23(21(25)12-17)15-5-9-19(10-6-15)32(29,30)4-2/h5-12,14H,3-4,13H2,1-2H3,(H,27,28). The maximum atomic E-state index is 12.4. The number of nitrogens with one attached hydrogen (secondary N) is 1. The average Bonchev–Trinajstić information content (AvgIpc) is 2.75. The molecule has 1 aromatic heterocycles. The number of aromatic nitrogens is 1. The fourth-order valence-corrected chi connectivity index (χ4v) is 5.27. The summed E-state index contributed by atoms with van der Waals surface area (Å²) in [7, 11) is -3.29. The second-order valence-electron chi connectivity index (χ2n) is 6.89. The van der Waals surface area contributed by atoms with Crippen LogP contribution in [0.1, 0.15) is 19.5 Å². The summed E-state index contributed by atoms with van der Waals surface area (Å²) in [6.07, 6.45) is 1.89. The molecule has 0 bridgehead atoms. The number of hydrogen-bond acceptors (Lipinski definition) is 5. The van der Waals surface area contributed by atoms with Crippen molar-refractivity contribution in [2.45, 2.75) is 30.1 Å². The summed E-state index contributed by atoms with van der Waals surface area (Å²) in [4.78, 5) is 18.1. The van der Waals surface area contributed by atoms with Gasteiger partial charge in [0.2, 0.25) is 5.91 Å². The molecule has 0 aliphatic carbocycles. The van der Waals surface area contributed by atoms with Crippen molar-refractivity contribution in [3.63, 3.8) is 0 Å². The highest BCUT2D eigenvalue weighted by Crippen LogP contribution is 2.37. The van der Waals surface area contributed by atoms with E-state index in [1.54, 1.807) is 49.1 Å². The summed E-state index contributed by atoms with van der Waals surface area (Å²) < 4.78 is 24.0. The quantitative estimate of drug-likeness (QED) is 0.369. The first-order valence-corrected chi connectivity index (χ1v) is 13.3. The predicted molar refractivity (Wildman–Crippen MR) is 133 cm³/mol. The highest BCUT2D eigenvalue weighted by atomic mass is 35.5. The molecule has 0 aliphatic rings. The van der Waals surface area contributed by atoms with Gasteiger partial charge in [0.25, 0.3) is 0 Å². The molecule has 9 heteroatoms. The van der Waals surface area contributed by atoms with Crippen LogP contribution >= 0.6 is 35.0 Å². The van der Waals surface area contributed by atoms with Crippen molar-refractivity contribution in [1.82, 2.24) is 4.98 Å². The van der Waals surface area contributed by atoms with Gasteiger partial charge in [-0.25, -0.2) is 8.42 Å². The molecule has 0 atom stereocenters. The SMILES string of the molecule is CCSc1ccc(CC(=O)Nc2cc(Cl)c(-c3ccc(S(=O)(=O)CC)cc3)c(Cl)c2)nc1. The van der Waals surface area contributed by atoms with Gasteiger partial charge in [-0.3, -0.25) is 9.78 Å². The van der Waals surface area contributed by atoms with Crippen LogP contribution in [-0.4, -0.2) is 30.8 Å². The number of carbonyl (C=O) groups is 1. The molecular formula is C23H22Cl2N2O3S2. The first kappa shape index (κ1) is 24.6. The molecule has 5 nitrogen and oxygen atoms in total. The zero-order chi connectivity index (χ0) is 23.3. The van der Waals surface area contributed by atoms with Gasteiger partial charge in [-0.1, -0.05) is 49.2 Å². The van der Waals surface area contributed by atoms with Crippen molar-refractivity contribution in [1.29, 1.82) is 0 Å². The third kappa shape index (κ3) is 6.04. The molecule has 2 aromatic carbocycles. The van der Waals surface area contributed by atoms with E-state index in [0.29, 0.717) is 32.6 Å². The van der Waals surface area contributed by atoms with Crippen molar-refractivity contribution in [2.24, 2.45) is 0 Å². The van der Waals surface area contributed by atoms with Gasteiger partial charge in [0.05, 0.1) is 27.1 Å². The van der Waals surface area contributed by atoms with Gasteiger partial charge in [0.15, 0.2) is 9.84 Å². The number of benzene rings is 2. The van der Waals surface area contributed by atoms with Crippen LogP contribution in [-0.2, 0) is 21.1 Å². The molecule has 0 radical (unpaired) electrons. The molecular weight excluding hydrogens is 487 g/mol. The van der Waals surface area contributed by atoms with E-state index in [1.807, 2.05) is 12.1 Å². The molecule has 0 aliphatic heterocycles. The Balaban J connectivity index is 1.74. The fraction of sp³-hybridized carbons (Fsp3) is 0.217. The van der Waals surface area contributed by atoms with Crippen LogP contribution in [0.25, 0.3) is 11.1 Å². The largest absolute Gasteiger partial charge is 0.326 e. The first-order chi connectivity index (χ1) is 15.2. The van der Waals surface area contributed by atoms with E-state index in [9.17, 15) is 13.2 Å². The number of sulfone groups is 1. The second-order valence-corrected chi connectivity index (χ2v) is 11.3. The molecule has 0 fully saturated rings. The third-order valence-electron chi connectivity index (χ3n) is 4.66. The van der Waals surface area contributed by atoms with E-state index in [4.69, 9.17) is 23.2 Å². The predicted octanol–water partition coefficient (Wildman–Crippen LogP) is 6.14. The van der Waals surface area contributed by atoms with E-state index in [1.165, 1.54) is 12.1 Å². The van der Waals surface area contributed by atoms with Crippen LogP contribution < -0.4 is 5.32 Å². The first-order valence-electron chi connectivity index (χ1n) is 9.93. The Morgan fingerprint density at radius 3 is 2.22 bits per heavy atom. The van der Waals surface area contributed by atoms with E-state index >= 15 is 0 Å². The normalized spacial score (nSPS) is 11.4. The zero-order valence-electron chi connectivity index (χ0n) is 17.6. The smallest absolute Gasteiger partial charge is 0.230 e. The fourth-order valence-electron chi connectivity index (χ4n) is 3.05. The summed E-state index contributed by atoms with van der Waals surface area (Å²) in [5.74, 6) is 0.753. The van der Waals surface area contributed by atoms with Crippen molar-refractivity contribution < 1.29 is 13.2 Å². The molecule has 0 saturated heterocycles. The molecule has 0 saturated carbocycles. The molecule has 1 amide bonds. The number of rotatable bonds is 8. The Labute approximate surface area is 202 Å². The van der Waals surface area contributed by atoms with E-state index in [-0.39, 0.29) is 23.0 Å². The van der Waals surface area contributed by atoms with Gasteiger partial charge in [-0.2, -0.15) is 0 Å². The van der Waals surface area contributed by atoms with Gasteiger partial charge >= 0.3 is 0 Å². The molecule has 1 heterocycles. The summed E-state index contributed by atoms with van der Waals surface area (Å²) >= 11 is 14.6. The van der Waals surface area contributed by atoms with E-state index in [0.717, 1.165) is 10.6 Å². The maximum absolute atomic E-state index is 12.4. The van der Waals surface area contributed by atoms with Crippen LogP contribution in [0.3, 0.4) is 0 Å². The van der Waals surface area contributed by atoms with Crippen molar-refractivity contribution in [3.05, 3.63) is 70.5 Å². The van der Waals surface area contributed by atoms with E-state index in [2.05, 4.69) is 17.2 Å². The van der Waals surface area contributed by atoms with Gasteiger partial charge in [-0.05, 0) is 47.7 Å². The Bertz CT molecular complexity index is 1190. The van der Waals surface area contributed by atoms with Gasteiger partial charge < -0.3 is 5.32 Å². The summed E-state index contributed by atoms with van der Waals surface area (Å²) in [5, 5.41) is 3.49. The molecule has 0 spiro atoms. The second kappa shape index (κ2) is 10.7. The minimum absolute atomic E-state index is 0.0274. The van der Waals surface area contributed by atoms with Crippen molar-refractivity contribution in [3.8, 4) is 11.1 Å². The van der Waals surface area contributed by atoms with Crippen molar-refractivity contribution in [2.75, 3.05) is 16.8 Å². The molecule has 0 unspecified atom stereocenters. The number of thioether (sulfide) groups is 1. The Morgan fingerprint density at radius 1 is 1.03 bits per heavy atom.